The van der Waals surface area contributed by atoms with Gasteiger partial charge in [-0.25, -0.2) is 0 Å². The van der Waals surface area contributed by atoms with Gasteiger partial charge in [0.1, 0.15) is 0 Å². The van der Waals surface area contributed by atoms with Gasteiger partial charge in [-0.3, -0.25) is 0 Å². The van der Waals surface area contributed by atoms with Crippen LogP contribution in [0.3, 0.4) is 0 Å². The van der Waals surface area contributed by atoms with Crippen molar-refractivity contribution < 1.29 is 0 Å². The smallest absolute Gasteiger partial charge is 0.0252 e. The first-order chi connectivity index (χ1) is 6.25. The highest BCUT2D eigenvalue weighted by atomic mass is 15.0. The third-order valence-corrected chi connectivity index (χ3v) is 3.40. The monoisotopic (exact) mass is 199 g/mol. The van der Waals surface area contributed by atoms with E-state index >= 15 is 0 Å². The molecule has 0 aliphatic rings. The van der Waals surface area contributed by atoms with Crippen LogP contribution in [0.15, 0.2) is 0 Å². The molecule has 0 heterocycles. The summed E-state index contributed by atoms with van der Waals surface area (Å²) in [7, 11) is 0. The van der Waals surface area contributed by atoms with E-state index in [4.69, 9.17) is 0 Å². The van der Waals surface area contributed by atoms with Crippen molar-refractivity contribution in [1.82, 2.24) is 5.32 Å². The van der Waals surface area contributed by atoms with E-state index in [2.05, 4.69) is 60.7 Å². The molecule has 0 aromatic rings. The van der Waals surface area contributed by atoms with E-state index in [1.807, 2.05) is 0 Å². The van der Waals surface area contributed by atoms with Crippen LogP contribution in [-0.4, -0.2) is 11.6 Å². The Morgan fingerprint density at radius 1 is 0.643 bits per heavy atom. The topological polar surface area (TPSA) is 12.0 Å². The molecule has 0 atom stereocenters. The van der Waals surface area contributed by atoms with E-state index in [-0.39, 0.29) is 5.54 Å². The minimum atomic E-state index is 0.272. The van der Waals surface area contributed by atoms with E-state index in [0.29, 0.717) is 23.8 Å². The fourth-order valence-corrected chi connectivity index (χ4v) is 3.00. The molecule has 0 fully saturated rings. The first-order valence-corrected chi connectivity index (χ1v) is 6.02. The van der Waals surface area contributed by atoms with E-state index in [0.717, 1.165) is 0 Å². The Balaban J connectivity index is 4.95. The Morgan fingerprint density at radius 2 is 0.929 bits per heavy atom. The Bertz CT molecular complexity index is 135. The molecule has 0 rings (SSSR count). The zero-order valence-electron chi connectivity index (χ0n) is 11.3. The highest BCUT2D eigenvalue weighted by molar-refractivity contribution is 4.97. The van der Waals surface area contributed by atoms with Crippen molar-refractivity contribution in [3.05, 3.63) is 0 Å². The van der Waals surface area contributed by atoms with Crippen LogP contribution in [0.4, 0.5) is 0 Å². The van der Waals surface area contributed by atoms with Crippen molar-refractivity contribution in [1.29, 1.82) is 0 Å². The SMILES string of the molecule is CC(C)NC(C(C)C)(C(C)C)C(C)C. The van der Waals surface area contributed by atoms with Crippen LogP contribution >= 0.6 is 0 Å². The van der Waals surface area contributed by atoms with E-state index in [9.17, 15) is 0 Å². The van der Waals surface area contributed by atoms with Gasteiger partial charge in [-0.2, -0.15) is 0 Å². The quantitative estimate of drug-likeness (QED) is 0.712. The summed E-state index contributed by atoms with van der Waals surface area (Å²) in [6.07, 6.45) is 0. The summed E-state index contributed by atoms with van der Waals surface area (Å²) >= 11 is 0. The maximum absolute atomic E-state index is 3.79. The van der Waals surface area contributed by atoms with Gasteiger partial charge >= 0.3 is 0 Å². The average Bonchev–Trinajstić information content (AvgIpc) is 1.97. The molecule has 0 bridgehead atoms. The van der Waals surface area contributed by atoms with Crippen LogP contribution in [0, 0.1) is 17.8 Å². The normalized spacial score (nSPS) is 13.7. The highest BCUT2D eigenvalue weighted by Crippen LogP contribution is 2.34. The second-order valence-corrected chi connectivity index (χ2v) is 5.70. The number of nitrogens with one attached hydrogen (secondary N) is 1. The van der Waals surface area contributed by atoms with Crippen LogP contribution in [0.25, 0.3) is 0 Å². The van der Waals surface area contributed by atoms with Crippen molar-refractivity contribution in [2.24, 2.45) is 17.8 Å². The van der Waals surface area contributed by atoms with Gasteiger partial charge in [0.2, 0.25) is 0 Å². The second kappa shape index (κ2) is 5.16. The molecule has 86 valence electrons. The zero-order chi connectivity index (χ0) is 11.5. The maximum atomic E-state index is 3.79. The molecule has 0 aliphatic carbocycles. The molecule has 0 amide bonds. The Kier molecular flexibility index (Phi) is 5.14. The van der Waals surface area contributed by atoms with Crippen LogP contribution < -0.4 is 5.32 Å². The molecular weight excluding hydrogens is 170 g/mol. The summed E-state index contributed by atoms with van der Waals surface area (Å²) in [5, 5.41) is 3.79. The molecular formula is C13H29N. The van der Waals surface area contributed by atoms with Crippen molar-refractivity contribution in [3.8, 4) is 0 Å². The van der Waals surface area contributed by atoms with Gasteiger partial charge < -0.3 is 5.32 Å². The summed E-state index contributed by atoms with van der Waals surface area (Å²) in [6, 6.07) is 0.558. The third-order valence-electron chi connectivity index (χ3n) is 3.40. The highest BCUT2D eigenvalue weighted by Gasteiger charge is 2.39. The molecule has 1 heteroatoms. The lowest BCUT2D eigenvalue weighted by molar-refractivity contribution is 0.0934. The number of hydrogen-bond acceptors (Lipinski definition) is 1. The predicted octanol–water partition coefficient (Wildman–Crippen LogP) is 3.69. The molecule has 0 unspecified atom stereocenters. The standard InChI is InChI=1S/C13H29N/c1-9(2)13(10(3)4,11(5)6)14-12(7)8/h9-12,14H,1-8H3. The zero-order valence-corrected chi connectivity index (χ0v) is 11.3. The summed E-state index contributed by atoms with van der Waals surface area (Å²) in [6.45, 7) is 18.4. The van der Waals surface area contributed by atoms with Gasteiger partial charge in [0, 0.05) is 11.6 Å². The lowest BCUT2D eigenvalue weighted by Crippen LogP contribution is -2.59. The van der Waals surface area contributed by atoms with Crippen molar-refractivity contribution >= 4 is 0 Å². The summed E-state index contributed by atoms with van der Waals surface area (Å²) in [5.74, 6) is 2.01. The van der Waals surface area contributed by atoms with Gasteiger partial charge in [-0.15, -0.1) is 0 Å². The van der Waals surface area contributed by atoms with Crippen LogP contribution in [0.2, 0.25) is 0 Å². The molecule has 0 aromatic carbocycles. The number of hydrogen-bond donors (Lipinski definition) is 1. The summed E-state index contributed by atoms with van der Waals surface area (Å²) in [5.41, 5.74) is 0.272. The maximum Gasteiger partial charge on any atom is 0.0252 e. The van der Waals surface area contributed by atoms with Crippen LogP contribution in [0.1, 0.15) is 55.4 Å². The molecule has 1 nitrogen and oxygen atoms in total. The predicted molar refractivity (Wildman–Crippen MR) is 65.5 cm³/mol. The molecule has 0 aromatic heterocycles. The molecule has 0 radical (unpaired) electrons. The fraction of sp³-hybridized carbons (Fsp3) is 1.00. The Labute approximate surface area is 90.7 Å². The lowest BCUT2D eigenvalue weighted by atomic mass is 9.69. The van der Waals surface area contributed by atoms with Crippen LogP contribution in [0.5, 0.6) is 0 Å². The van der Waals surface area contributed by atoms with E-state index in [1.165, 1.54) is 0 Å². The van der Waals surface area contributed by atoms with Crippen molar-refractivity contribution in [2.45, 2.75) is 67.0 Å². The second-order valence-electron chi connectivity index (χ2n) is 5.70. The van der Waals surface area contributed by atoms with Crippen molar-refractivity contribution in [2.75, 3.05) is 0 Å². The van der Waals surface area contributed by atoms with Gasteiger partial charge in [0.25, 0.3) is 0 Å². The van der Waals surface area contributed by atoms with Gasteiger partial charge in [0.05, 0.1) is 0 Å². The Hall–Kier alpha value is -0.0400. The molecule has 0 aliphatic heterocycles. The summed E-state index contributed by atoms with van der Waals surface area (Å²) in [4.78, 5) is 0. The molecule has 0 spiro atoms. The fourth-order valence-electron chi connectivity index (χ4n) is 3.00. The van der Waals surface area contributed by atoms with Gasteiger partial charge in [-0.05, 0) is 17.8 Å². The van der Waals surface area contributed by atoms with Crippen molar-refractivity contribution in [3.63, 3.8) is 0 Å². The first kappa shape index (κ1) is 14.0. The Morgan fingerprint density at radius 3 is 1.00 bits per heavy atom. The third kappa shape index (κ3) is 2.73. The minimum Gasteiger partial charge on any atom is -0.308 e. The minimum absolute atomic E-state index is 0.272. The van der Waals surface area contributed by atoms with Gasteiger partial charge in [0.15, 0.2) is 0 Å². The average molecular weight is 199 g/mol. The van der Waals surface area contributed by atoms with E-state index < -0.39 is 0 Å². The number of rotatable bonds is 5. The van der Waals surface area contributed by atoms with Gasteiger partial charge in [-0.1, -0.05) is 55.4 Å². The van der Waals surface area contributed by atoms with Crippen LogP contribution in [-0.2, 0) is 0 Å². The molecule has 1 N–H and O–H groups in total. The molecule has 14 heavy (non-hydrogen) atoms. The van der Waals surface area contributed by atoms with E-state index in [1.54, 1.807) is 0 Å². The molecule has 0 saturated heterocycles. The largest absolute Gasteiger partial charge is 0.308 e. The molecule has 0 saturated carbocycles. The first-order valence-electron chi connectivity index (χ1n) is 6.02. The lowest BCUT2D eigenvalue weighted by Gasteiger charge is -2.47. The summed E-state index contributed by atoms with van der Waals surface area (Å²) < 4.78 is 0.